The summed E-state index contributed by atoms with van der Waals surface area (Å²) in [5.41, 5.74) is 0.931. The van der Waals surface area contributed by atoms with Gasteiger partial charge in [0.15, 0.2) is 5.96 Å². The molecule has 1 saturated heterocycles. The lowest BCUT2D eigenvalue weighted by Crippen LogP contribution is -2.51. The molecule has 0 spiro atoms. The van der Waals surface area contributed by atoms with Crippen LogP contribution in [0.5, 0.6) is 0 Å². The molecule has 1 aromatic rings. The van der Waals surface area contributed by atoms with Gasteiger partial charge in [0.2, 0.25) is 5.91 Å². The lowest BCUT2D eigenvalue weighted by atomic mass is 10.1. The fourth-order valence-electron chi connectivity index (χ4n) is 2.80. The number of hydrogen-bond donors (Lipinski definition) is 1. The van der Waals surface area contributed by atoms with E-state index in [1.807, 2.05) is 6.92 Å². The van der Waals surface area contributed by atoms with Gasteiger partial charge >= 0.3 is 0 Å². The molecular formula is C19H29FN4O2S. The number of likely N-dealkylation sites (N-methyl/N-ethyl adjacent to an activating group) is 1. The van der Waals surface area contributed by atoms with Crippen molar-refractivity contribution in [2.24, 2.45) is 4.99 Å². The Labute approximate surface area is 165 Å². The molecule has 27 heavy (non-hydrogen) atoms. The predicted octanol–water partition coefficient (Wildman–Crippen LogP) is 1.98. The minimum Gasteiger partial charge on any atom is -0.367 e. The first-order valence-corrected chi connectivity index (χ1v) is 10.4. The van der Waals surface area contributed by atoms with E-state index in [4.69, 9.17) is 4.74 Å². The molecule has 150 valence electrons. The van der Waals surface area contributed by atoms with Crippen LogP contribution in [0.3, 0.4) is 0 Å². The number of hydrogen-bond acceptors (Lipinski definition) is 4. The van der Waals surface area contributed by atoms with E-state index in [1.165, 1.54) is 17.0 Å². The van der Waals surface area contributed by atoms with Gasteiger partial charge in [0.1, 0.15) is 18.5 Å². The first kappa shape index (κ1) is 21.5. The van der Waals surface area contributed by atoms with Crippen LogP contribution in [0.1, 0.15) is 18.6 Å². The molecule has 1 N–H and O–H groups in total. The topological polar surface area (TPSA) is 57.2 Å². The van der Waals surface area contributed by atoms with Crippen molar-refractivity contribution in [3.63, 3.8) is 0 Å². The Morgan fingerprint density at radius 3 is 2.70 bits per heavy atom. The number of aliphatic imine (C=N–C) groups is 1. The third-order valence-electron chi connectivity index (χ3n) is 4.25. The van der Waals surface area contributed by atoms with Crippen molar-refractivity contribution in [2.45, 2.75) is 19.1 Å². The monoisotopic (exact) mass is 396 g/mol. The zero-order valence-electron chi connectivity index (χ0n) is 16.4. The Morgan fingerprint density at radius 2 is 2.07 bits per heavy atom. The summed E-state index contributed by atoms with van der Waals surface area (Å²) in [6.07, 6.45) is 1.87. The van der Waals surface area contributed by atoms with Crippen LogP contribution < -0.4 is 5.32 Å². The molecule has 2 atom stereocenters. The number of halogens is 1. The van der Waals surface area contributed by atoms with Crippen molar-refractivity contribution in [1.82, 2.24) is 15.1 Å². The van der Waals surface area contributed by atoms with Crippen molar-refractivity contribution in [1.29, 1.82) is 0 Å². The minimum absolute atomic E-state index is 0.00842. The highest BCUT2D eigenvalue weighted by Gasteiger charge is 2.28. The number of amides is 1. The number of thioether (sulfide) groups is 1. The van der Waals surface area contributed by atoms with Crippen molar-refractivity contribution in [3.8, 4) is 0 Å². The average molecular weight is 397 g/mol. The van der Waals surface area contributed by atoms with Crippen LogP contribution in [0.4, 0.5) is 4.39 Å². The van der Waals surface area contributed by atoms with E-state index in [2.05, 4.69) is 21.5 Å². The van der Waals surface area contributed by atoms with E-state index in [-0.39, 0.29) is 30.5 Å². The van der Waals surface area contributed by atoms with Gasteiger partial charge in [-0.3, -0.25) is 4.79 Å². The summed E-state index contributed by atoms with van der Waals surface area (Å²) < 4.78 is 19.3. The molecule has 1 aliphatic heterocycles. The summed E-state index contributed by atoms with van der Waals surface area (Å²) in [6.45, 7) is 4.15. The van der Waals surface area contributed by atoms with Crippen molar-refractivity contribution in [3.05, 3.63) is 35.6 Å². The number of rotatable bonds is 6. The molecular weight excluding hydrogens is 367 g/mol. The quantitative estimate of drug-likeness (QED) is 0.453. The molecule has 1 amide bonds. The van der Waals surface area contributed by atoms with Gasteiger partial charge in [-0.25, -0.2) is 9.38 Å². The fourth-order valence-corrected chi connectivity index (χ4v) is 3.11. The zero-order valence-corrected chi connectivity index (χ0v) is 17.3. The number of guanidine groups is 1. The van der Waals surface area contributed by atoms with Gasteiger partial charge in [0, 0.05) is 32.9 Å². The first-order valence-electron chi connectivity index (χ1n) is 9.04. The molecule has 1 fully saturated rings. The highest BCUT2D eigenvalue weighted by Crippen LogP contribution is 2.25. The van der Waals surface area contributed by atoms with Gasteiger partial charge in [-0.2, -0.15) is 11.8 Å². The maximum atomic E-state index is 13.2. The maximum absolute atomic E-state index is 13.2. The summed E-state index contributed by atoms with van der Waals surface area (Å²) in [7, 11) is 3.44. The molecule has 1 aromatic carbocycles. The van der Waals surface area contributed by atoms with Gasteiger partial charge < -0.3 is 19.9 Å². The number of ether oxygens (including phenoxy) is 1. The second-order valence-electron chi connectivity index (χ2n) is 6.74. The number of carbonyl (C=O) groups excluding carboxylic acids is 1. The molecule has 2 unspecified atom stereocenters. The van der Waals surface area contributed by atoms with E-state index in [9.17, 15) is 9.18 Å². The van der Waals surface area contributed by atoms with E-state index < -0.39 is 0 Å². The van der Waals surface area contributed by atoms with Crippen molar-refractivity contribution < 1.29 is 13.9 Å². The van der Waals surface area contributed by atoms with E-state index in [0.29, 0.717) is 19.0 Å². The van der Waals surface area contributed by atoms with Crippen molar-refractivity contribution >= 4 is 23.6 Å². The molecule has 6 nitrogen and oxygen atoms in total. The van der Waals surface area contributed by atoms with Crippen LogP contribution in [-0.2, 0) is 9.53 Å². The standard InChI is InChI=1S/C19H29FN4O2S/c1-14-12-24(13-17(26-14)15-5-7-16(20)8-6-15)19(21-9-10-27-4)22-11-18(25)23(2)3/h5-8,14,17H,9-13H2,1-4H3,(H,21,22). The minimum atomic E-state index is -0.261. The highest BCUT2D eigenvalue weighted by molar-refractivity contribution is 7.98. The number of benzene rings is 1. The highest BCUT2D eigenvalue weighted by atomic mass is 32.2. The van der Waals surface area contributed by atoms with E-state index in [0.717, 1.165) is 17.9 Å². The number of morpholine rings is 1. The van der Waals surface area contributed by atoms with Crippen LogP contribution in [0, 0.1) is 5.82 Å². The Morgan fingerprint density at radius 1 is 1.37 bits per heavy atom. The summed E-state index contributed by atoms with van der Waals surface area (Å²) in [5.74, 6) is 1.35. The molecule has 1 heterocycles. The molecule has 0 saturated carbocycles. The van der Waals surface area contributed by atoms with Crippen molar-refractivity contribution in [2.75, 3.05) is 52.3 Å². The molecule has 0 aliphatic carbocycles. The van der Waals surface area contributed by atoms with Gasteiger partial charge in [-0.05, 0) is 30.9 Å². The van der Waals surface area contributed by atoms with Crippen LogP contribution in [-0.4, -0.2) is 80.1 Å². The predicted molar refractivity (Wildman–Crippen MR) is 109 cm³/mol. The third kappa shape index (κ3) is 6.70. The summed E-state index contributed by atoms with van der Waals surface area (Å²) in [5, 5.41) is 3.36. The van der Waals surface area contributed by atoms with Crippen LogP contribution >= 0.6 is 11.8 Å². The lowest BCUT2D eigenvalue weighted by molar-refractivity contribution is -0.127. The van der Waals surface area contributed by atoms with Crippen LogP contribution in [0.25, 0.3) is 0 Å². The molecule has 2 rings (SSSR count). The number of carbonyl (C=O) groups is 1. The second kappa shape index (κ2) is 10.5. The third-order valence-corrected chi connectivity index (χ3v) is 4.87. The molecule has 0 aromatic heterocycles. The number of nitrogens with zero attached hydrogens (tertiary/aromatic N) is 3. The lowest BCUT2D eigenvalue weighted by Gasteiger charge is -2.38. The van der Waals surface area contributed by atoms with Gasteiger partial charge in [-0.1, -0.05) is 12.1 Å². The fraction of sp³-hybridized carbons (Fsp3) is 0.579. The SMILES string of the molecule is CSCCNC(=NCC(=O)N(C)C)N1CC(C)OC(c2ccc(F)cc2)C1. The van der Waals surface area contributed by atoms with E-state index >= 15 is 0 Å². The summed E-state index contributed by atoms with van der Waals surface area (Å²) in [4.78, 5) is 20.1. The Bertz CT molecular complexity index is 639. The molecule has 0 radical (unpaired) electrons. The Balaban J connectivity index is 2.14. The largest absolute Gasteiger partial charge is 0.367 e. The Hall–Kier alpha value is -1.80. The zero-order chi connectivity index (χ0) is 19.8. The van der Waals surface area contributed by atoms with E-state index in [1.54, 1.807) is 38.0 Å². The first-order chi connectivity index (χ1) is 12.9. The summed E-state index contributed by atoms with van der Waals surface area (Å²) in [6, 6.07) is 6.40. The molecule has 0 bridgehead atoms. The van der Waals surface area contributed by atoms with Gasteiger partial charge in [-0.15, -0.1) is 0 Å². The van der Waals surface area contributed by atoms with Crippen LogP contribution in [0.2, 0.25) is 0 Å². The molecule has 1 aliphatic rings. The average Bonchev–Trinajstić information content (AvgIpc) is 2.64. The smallest absolute Gasteiger partial charge is 0.243 e. The Kier molecular flexibility index (Phi) is 8.37. The van der Waals surface area contributed by atoms with Gasteiger partial charge in [0.05, 0.1) is 12.6 Å². The normalized spacial score (nSPS) is 20.5. The van der Waals surface area contributed by atoms with Gasteiger partial charge in [0.25, 0.3) is 0 Å². The summed E-state index contributed by atoms with van der Waals surface area (Å²) >= 11 is 1.75. The second-order valence-corrected chi connectivity index (χ2v) is 7.73. The number of nitrogens with one attached hydrogen (secondary N) is 1. The molecule has 8 heteroatoms. The maximum Gasteiger partial charge on any atom is 0.243 e. The van der Waals surface area contributed by atoms with Crippen LogP contribution in [0.15, 0.2) is 29.3 Å².